The zero-order valence-corrected chi connectivity index (χ0v) is 14.8. The van der Waals surface area contributed by atoms with E-state index in [0.717, 1.165) is 42.4 Å². The van der Waals surface area contributed by atoms with E-state index in [1.54, 1.807) is 11.3 Å². The lowest BCUT2D eigenvalue weighted by Crippen LogP contribution is -2.44. The number of nitrogens with one attached hydrogen (secondary N) is 1. The van der Waals surface area contributed by atoms with Crippen LogP contribution in [0.3, 0.4) is 0 Å². The van der Waals surface area contributed by atoms with Crippen molar-refractivity contribution in [2.75, 3.05) is 13.1 Å². The van der Waals surface area contributed by atoms with Crippen molar-refractivity contribution >= 4 is 28.8 Å². The Hall–Kier alpha value is -1.36. The SMILES string of the molecule is Cc1ccc(C(=O)NC2CCN(Cc3ccc(Cl)cc3)CC2)s1. The molecule has 1 aromatic heterocycles. The highest BCUT2D eigenvalue weighted by Gasteiger charge is 2.21. The van der Waals surface area contributed by atoms with Crippen molar-refractivity contribution in [1.82, 2.24) is 10.2 Å². The third-order valence-electron chi connectivity index (χ3n) is 4.21. The van der Waals surface area contributed by atoms with Gasteiger partial charge in [0.05, 0.1) is 4.88 Å². The largest absolute Gasteiger partial charge is 0.349 e. The van der Waals surface area contributed by atoms with Crippen LogP contribution in [0.1, 0.15) is 33.0 Å². The van der Waals surface area contributed by atoms with Gasteiger partial charge in [0.2, 0.25) is 0 Å². The van der Waals surface area contributed by atoms with Crippen LogP contribution in [0, 0.1) is 6.92 Å². The summed E-state index contributed by atoms with van der Waals surface area (Å²) in [5.41, 5.74) is 1.28. The normalized spacial score (nSPS) is 16.4. The van der Waals surface area contributed by atoms with Gasteiger partial charge in [0.15, 0.2) is 0 Å². The summed E-state index contributed by atoms with van der Waals surface area (Å²) in [6.45, 7) is 4.99. The number of aryl methyl sites for hydroxylation is 1. The number of likely N-dealkylation sites (tertiary alicyclic amines) is 1. The number of carbonyl (C=O) groups is 1. The first kappa shape index (κ1) is 16.5. The molecule has 1 aliphatic heterocycles. The van der Waals surface area contributed by atoms with Crippen LogP contribution in [0.4, 0.5) is 0 Å². The van der Waals surface area contributed by atoms with E-state index in [9.17, 15) is 4.79 Å². The molecule has 0 unspecified atom stereocenters. The molecule has 0 aliphatic carbocycles. The Morgan fingerprint density at radius 1 is 1.22 bits per heavy atom. The number of amides is 1. The molecule has 0 radical (unpaired) electrons. The summed E-state index contributed by atoms with van der Waals surface area (Å²) in [4.78, 5) is 16.6. The van der Waals surface area contributed by atoms with Crippen LogP contribution >= 0.6 is 22.9 Å². The van der Waals surface area contributed by atoms with Gasteiger partial charge in [-0.3, -0.25) is 9.69 Å². The Kier molecular flexibility index (Phi) is 5.36. The van der Waals surface area contributed by atoms with Crippen LogP contribution in [0.25, 0.3) is 0 Å². The van der Waals surface area contributed by atoms with Crippen molar-refractivity contribution in [1.29, 1.82) is 0 Å². The first-order chi connectivity index (χ1) is 11.1. The van der Waals surface area contributed by atoms with Crippen LogP contribution in [0.2, 0.25) is 5.02 Å². The van der Waals surface area contributed by atoms with E-state index in [-0.39, 0.29) is 11.9 Å². The molecule has 1 fully saturated rings. The average molecular weight is 349 g/mol. The van der Waals surface area contributed by atoms with E-state index in [2.05, 4.69) is 22.3 Å². The number of nitrogens with zero attached hydrogens (tertiary/aromatic N) is 1. The first-order valence-corrected chi connectivity index (χ1v) is 9.14. The molecule has 0 atom stereocenters. The van der Waals surface area contributed by atoms with E-state index in [4.69, 9.17) is 11.6 Å². The van der Waals surface area contributed by atoms with Crippen molar-refractivity contribution in [2.45, 2.75) is 32.4 Å². The van der Waals surface area contributed by atoms with E-state index >= 15 is 0 Å². The Balaban J connectivity index is 1.46. The number of piperidine rings is 1. The maximum atomic E-state index is 12.2. The van der Waals surface area contributed by atoms with Crippen LogP contribution < -0.4 is 5.32 Å². The van der Waals surface area contributed by atoms with Crippen LogP contribution in [-0.2, 0) is 6.54 Å². The third kappa shape index (κ3) is 4.56. The molecule has 0 bridgehead atoms. The monoisotopic (exact) mass is 348 g/mol. The summed E-state index contributed by atoms with van der Waals surface area (Å²) in [7, 11) is 0. The predicted octanol–water partition coefficient (Wildman–Crippen LogP) is 4.10. The number of benzene rings is 1. The van der Waals surface area contributed by atoms with Gasteiger partial charge < -0.3 is 5.32 Å². The molecule has 1 N–H and O–H groups in total. The maximum absolute atomic E-state index is 12.2. The Morgan fingerprint density at radius 2 is 1.91 bits per heavy atom. The summed E-state index contributed by atoms with van der Waals surface area (Å²) in [6, 6.07) is 12.2. The molecular formula is C18H21ClN2OS. The number of rotatable bonds is 4. The van der Waals surface area contributed by atoms with E-state index in [0.29, 0.717) is 0 Å². The molecule has 5 heteroatoms. The van der Waals surface area contributed by atoms with E-state index < -0.39 is 0 Å². The average Bonchev–Trinajstić information content (AvgIpc) is 2.98. The molecule has 0 saturated carbocycles. The highest BCUT2D eigenvalue weighted by molar-refractivity contribution is 7.13. The van der Waals surface area contributed by atoms with Gasteiger partial charge in [-0.2, -0.15) is 0 Å². The second-order valence-electron chi connectivity index (χ2n) is 6.06. The quantitative estimate of drug-likeness (QED) is 0.902. The minimum Gasteiger partial charge on any atom is -0.349 e. The van der Waals surface area contributed by atoms with Crippen molar-refractivity contribution in [3.8, 4) is 0 Å². The lowest BCUT2D eigenvalue weighted by atomic mass is 10.0. The fraction of sp³-hybridized carbons (Fsp3) is 0.389. The van der Waals surface area contributed by atoms with Gasteiger partial charge >= 0.3 is 0 Å². The van der Waals surface area contributed by atoms with Gasteiger partial charge in [-0.05, 0) is 49.6 Å². The summed E-state index contributed by atoms with van der Waals surface area (Å²) in [5, 5.41) is 3.94. The van der Waals surface area contributed by atoms with Crippen molar-refractivity contribution in [3.05, 3.63) is 56.7 Å². The van der Waals surface area contributed by atoms with Gasteiger partial charge in [-0.25, -0.2) is 0 Å². The zero-order valence-electron chi connectivity index (χ0n) is 13.2. The molecule has 3 nitrogen and oxygen atoms in total. The number of hydrogen-bond acceptors (Lipinski definition) is 3. The molecule has 122 valence electrons. The predicted molar refractivity (Wildman–Crippen MR) is 96.3 cm³/mol. The third-order valence-corrected chi connectivity index (χ3v) is 5.46. The summed E-state index contributed by atoms with van der Waals surface area (Å²) >= 11 is 7.48. The summed E-state index contributed by atoms with van der Waals surface area (Å²) in [6.07, 6.45) is 2.01. The fourth-order valence-electron chi connectivity index (χ4n) is 2.90. The molecule has 1 aliphatic rings. The van der Waals surface area contributed by atoms with Gasteiger partial charge in [0, 0.05) is 35.6 Å². The highest BCUT2D eigenvalue weighted by atomic mass is 35.5. The number of halogens is 1. The molecule has 3 rings (SSSR count). The molecule has 1 aromatic carbocycles. The topological polar surface area (TPSA) is 32.3 Å². The van der Waals surface area contributed by atoms with Crippen LogP contribution in [0.5, 0.6) is 0 Å². The van der Waals surface area contributed by atoms with Gasteiger partial charge in [0.25, 0.3) is 5.91 Å². The first-order valence-electron chi connectivity index (χ1n) is 7.94. The van der Waals surface area contributed by atoms with Crippen molar-refractivity contribution < 1.29 is 4.79 Å². The van der Waals surface area contributed by atoms with Crippen molar-refractivity contribution in [3.63, 3.8) is 0 Å². The smallest absolute Gasteiger partial charge is 0.261 e. The minimum absolute atomic E-state index is 0.0688. The van der Waals surface area contributed by atoms with E-state index in [1.807, 2.05) is 31.2 Å². The molecular weight excluding hydrogens is 328 g/mol. The lowest BCUT2D eigenvalue weighted by Gasteiger charge is -2.32. The molecule has 2 aromatic rings. The zero-order chi connectivity index (χ0) is 16.2. The molecule has 1 amide bonds. The minimum atomic E-state index is 0.0688. The summed E-state index contributed by atoms with van der Waals surface area (Å²) in [5.74, 6) is 0.0688. The van der Waals surface area contributed by atoms with Gasteiger partial charge in [0.1, 0.15) is 0 Å². The molecule has 2 heterocycles. The molecule has 1 saturated heterocycles. The van der Waals surface area contributed by atoms with Crippen molar-refractivity contribution in [2.24, 2.45) is 0 Å². The fourth-order valence-corrected chi connectivity index (χ4v) is 3.79. The molecule has 23 heavy (non-hydrogen) atoms. The van der Waals surface area contributed by atoms with Crippen LogP contribution in [0.15, 0.2) is 36.4 Å². The Labute approximate surface area is 146 Å². The van der Waals surface area contributed by atoms with Gasteiger partial charge in [-0.1, -0.05) is 23.7 Å². The van der Waals surface area contributed by atoms with E-state index in [1.165, 1.54) is 10.4 Å². The van der Waals surface area contributed by atoms with Crippen LogP contribution in [-0.4, -0.2) is 29.9 Å². The number of hydrogen-bond donors (Lipinski definition) is 1. The second-order valence-corrected chi connectivity index (χ2v) is 7.78. The number of thiophene rings is 1. The lowest BCUT2D eigenvalue weighted by molar-refractivity contribution is 0.0913. The summed E-state index contributed by atoms with van der Waals surface area (Å²) < 4.78 is 0. The second kappa shape index (κ2) is 7.47. The maximum Gasteiger partial charge on any atom is 0.261 e. The Morgan fingerprint density at radius 3 is 2.52 bits per heavy atom. The van der Waals surface area contributed by atoms with Gasteiger partial charge in [-0.15, -0.1) is 11.3 Å². The highest BCUT2D eigenvalue weighted by Crippen LogP contribution is 2.18. The standard InChI is InChI=1S/C18H21ClN2OS/c1-13-2-7-17(23-13)18(22)20-16-8-10-21(11-9-16)12-14-3-5-15(19)6-4-14/h2-7,16H,8-12H2,1H3,(H,20,22). The Bertz CT molecular complexity index is 660. The molecule has 0 spiro atoms. The number of carbonyl (C=O) groups excluding carboxylic acids is 1.